The Bertz CT molecular complexity index is 493. The van der Waals surface area contributed by atoms with E-state index >= 15 is 0 Å². The predicted octanol–water partition coefficient (Wildman–Crippen LogP) is 3.19. The van der Waals surface area contributed by atoms with E-state index in [2.05, 4.69) is 23.6 Å². The van der Waals surface area contributed by atoms with Crippen molar-refractivity contribution in [2.75, 3.05) is 13.1 Å². The number of carbonyl (C=O) groups is 2. The number of ether oxygens (including phenoxy) is 1. The number of carbonyl (C=O) groups excluding carboxylic acids is 2. The van der Waals surface area contributed by atoms with Crippen LogP contribution >= 0.6 is 0 Å². The first-order chi connectivity index (χ1) is 11.1. The lowest BCUT2D eigenvalue weighted by atomic mass is 10.2. The molecule has 0 rings (SSSR count). The number of rotatable bonds is 9. The summed E-state index contributed by atoms with van der Waals surface area (Å²) in [7, 11) is 0. The van der Waals surface area contributed by atoms with Crippen LogP contribution in [0.3, 0.4) is 0 Å². The molecule has 1 N–H and O–H groups in total. The monoisotopic (exact) mass is 339 g/mol. The second kappa shape index (κ2) is 10.5. The highest BCUT2D eigenvalue weighted by atomic mass is 16.8. The highest BCUT2D eigenvalue weighted by Crippen LogP contribution is 2.12. The first-order valence-corrected chi connectivity index (χ1v) is 7.97. The second-order valence-corrected chi connectivity index (χ2v) is 6.03. The Labute approximate surface area is 144 Å². The van der Waals surface area contributed by atoms with E-state index in [1.54, 1.807) is 40.7 Å². The lowest BCUT2D eigenvalue weighted by molar-refractivity contribution is -0.147. The second-order valence-electron chi connectivity index (χ2n) is 6.03. The standard InChI is InChI=1S/C17H29N3O4/c1-8-13(4)11-12-20(16(22)23-17(5,6)7)24-19-14(9-2)15(21)18-10-3/h8H,1,4,9-12H2,2-3,5-7H3,(H,18,21)/b19-14+. The summed E-state index contributed by atoms with van der Waals surface area (Å²) in [6.45, 7) is 16.9. The van der Waals surface area contributed by atoms with Gasteiger partial charge in [0.15, 0.2) is 0 Å². The zero-order valence-corrected chi connectivity index (χ0v) is 15.3. The Balaban J connectivity index is 5.09. The Morgan fingerprint density at radius 2 is 1.92 bits per heavy atom. The van der Waals surface area contributed by atoms with Crippen LogP contribution in [-0.4, -0.2) is 41.5 Å². The molecule has 0 spiro atoms. The normalized spacial score (nSPS) is 11.5. The van der Waals surface area contributed by atoms with Crippen LogP contribution in [0, 0.1) is 0 Å². The molecule has 0 aliphatic carbocycles. The van der Waals surface area contributed by atoms with E-state index in [0.29, 0.717) is 19.4 Å². The summed E-state index contributed by atoms with van der Waals surface area (Å²) < 4.78 is 5.28. The van der Waals surface area contributed by atoms with Crippen LogP contribution in [0.15, 0.2) is 30.0 Å². The molecule has 24 heavy (non-hydrogen) atoms. The van der Waals surface area contributed by atoms with Crippen molar-refractivity contribution in [3.05, 3.63) is 24.8 Å². The van der Waals surface area contributed by atoms with E-state index in [-0.39, 0.29) is 18.2 Å². The van der Waals surface area contributed by atoms with Crippen LogP contribution in [0.2, 0.25) is 0 Å². The topological polar surface area (TPSA) is 80.2 Å². The van der Waals surface area contributed by atoms with Crippen LogP contribution in [0.4, 0.5) is 4.79 Å². The van der Waals surface area contributed by atoms with Crippen molar-refractivity contribution in [2.24, 2.45) is 5.16 Å². The van der Waals surface area contributed by atoms with Gasteiger partial charge in [-0.1, -0.05) is 36.9 Å². The van der Waals surface area contributed by atoms with Crippen molar-refractivity contribution in [2.45, 2.75) is 53.1 Å². The highest BCUT2D eigenvalue weighted by molar-refractivity contribution is 6.38. The zero-order chi connectivity index (χ0) is 18.8. The van der Waals surface area contributed by atoms with E-state index in [1.165, 1.54) is 0 Å². The minimum Gasteiger partial charge on any atom is -0.442 e. The zero-order valence-electron chi connectivity index (χ0n) is 15.3. The van der Waals surface area contributed by atoms with Gasteiger partial charge in [0.1, 0.15) is 11.3 Å². The summed E-state index contributed by atoms with van der Waals surface area (Å²) >= 11 is 0. The summed E-state index contributed by atoms with van der Waals surface area (Å²) in [4.78, 5) is 29.2. The summed E-state index contributed by atoms with van der Waals surface area (Å²) in [5, 5.41) is 7.39. The molecule has 0 aromatic carbocycles. The molecule has 0 saturated heterocycles. The fraction of sp³-hybridized carbons (Fsp3) is 0.588. The van der Waals surface area contributed by atoms with Crippen LogP contribution < -0.4 is 5.32 Å². The third-order valence-corrected chi connectivity index (χ3v) is 2.71. The van der Waals surface area contributed by atoms with E-state index < -0.39 is 11.7 Å². The molecule has 0 aromatic heterocycles. The van der Waals surface area contributed by atoms with Crippen molar-refractivity contribution in [3.8, 4) is 0 Å². The largest absolute Gasteiger partial charge is 0.445 e. The van der Waals surface area contributed by atoms with Gasteiger partial charge >= 0.3 is 6.09 Å². The van der Waals surface area contributed by atoms with E-state index in [0.717, 1.165) is 10.6 Å². The van der Waals surface area contributed by atoms with Crippen LogP contribution in [0.25, 0.3) is 0 Å². The molecule has 136 valence electrons. The average molecular weight is 339 g/mol. The minimum atomic E-state index is -0.686. The molecule has 0 bridgehead atoms. The molecular weight excluding hydrogens is 310 g/mol. The molecule has 0 aromatic rings. The van der Waals surface area contributed by atoms with E-state index in [1.807, 2.05) is 0 Å². The third-order valence-electron chi connectivity index (χ3n) is 2.71. The summed E-state index contributed by atoms with van der Waals surface area (Å²) in [5.41, 5.74) is 0.258. The molecule has 0 radical (unpaired) electrons. The quantitative estimate of drug-likeness (QED) is 0.397. The number of nitrogens with zero attached hydrogens (tertiary/aromatic N) is 2. The molecule has 0 atom stereocenters. The van der Waals surface area contributed by atoms with Crippen molar-refractivity contribution >= 4 is 17.7 Å². The Hall–Kier alpha value is -2.31. The molecule has 0 heterocycles. The Kier molecular flexibility index (Phi) is 9.45. The van der Waals surface area contributed by atoms with Crippen molar-refractivity contribution in [3.63, 3.8) is 0 Å². The number of oxime groups is 1. The van der Waals surface area contributed by atoms with Crippen molar-refractivity contribution < 1.29 is 19.3 Å². The summed E-state index contributed by atoms with van der Waals surface area (Å²) in [5.74, 6) is -0.334. The van der Waals surface area contributed by atoms with Gasteiger partial charge in [-0.2, -0.15) is 0 Å². The van der Waals surface area contributed by atoms with E-state index in [4.69, 9.17) is 9.68 Å². The molecule has 7 heteroatoms. The molecule has 0 unspecified atom stereocenters. The maximum atomic E-state index is 12.2. The summed E-state index contributed by atoms with van der Waals surface area (Å²) in [6.07, 6.45) is 1.73. The van der Waals surface area contributed by atoms with Gasteiger partial charge in [0.05, 0.1) is 6.54 Å². The first kappa shape index (κ1) is 21.7. The van der Waals surface area contributed by atoms with Gasteiger partial charge in [0, 0.05) is 6.54 Å². The molecular formula is C17H29N3O4. The number of allylic oxidation sites excluding steroid dienone is 1. The lowest BCUT2D eigenvalue weighted by Crippen LogP contribution is -2.37. The predicted molar refractivity (Wildman–Crippen MR) is 94.4 cm³/mol. The molecule has 0 saturated carbocycles. The number of hydrogen-bond donors (Lipinski definition) is 1. The molecule has 2 amide bonds. The number of hydroxylamine groups is 2. The van der Waals surface area contributed by atoms with Crippen LogP contribution in [0.5, 0.6) is 0 Å². The van der Waals surface area contributed by atoms with E-state index in [9.17, 15) is 9.59 Å². The maximum Gasteiger partial charge on any atom is 0.445 e. The average Bonchev–Trinajstić information content (AvgIpc) is 2.48. The molecule has 7 nitrogen and oxygen atoms in total. The van der Waals surface area contributed by atoms with Gasteiger partial charge in [-0.3, -0.25) is 9.73 Å². The molecule has 0 aliphatic rings. The lowest BCUT2D eigenvalue weighted by Gasteiger charge is -2.25. The van der Waals surface area contributed by atoms with Crippen molar-refractivity contribution in [1.82, 2.24) is 10.4 Å². The van der Waals surface area contributed by atoms with Gasteiger partial charge in [-0.05, 0) is 40.5 Å². The van der Waals surface area contributed by atoms with Crippen molar-refractivity contribution in [1.29, 1.82) is 0 Å². The maximum absolute atomic E-state index is 12.2. The van der Waals surface area contributed by atoms with Gasteiger partial charge in [0.2, 0.25) is 0 Å². The SMILES string of the molecule is C=CC(=C)CCN(O/N=C(\CC)C(=O)NCC)C(=O)OC(C)(C)C. The fourth-order valence-electron chi connectivity index (χ4n) is 1.45. The third kappa shape index (κ3) is 8.97. The van der Waals surface area contributed by atoms with Gasteiger partial charge in [0.25, 0.3) is 5.91 Å². The van der Waals surface area contributed by atoms with Gasteiger partial charge in [-0.15, -0.1) is 5.06 Å². The van der Waals surface area contributed by atoms with Gasteiger partial charge in [-0.25, -0.2) is 4.79 Å². The molecule has 0 fully saturated rings. The fourth-order valence-corrected chi connectivity index (χ4v) is 1.45. The smallest absolute Gasteiger partial charge is 0.442 e. The first-order valence-electron chi connectivity index (χ1n) is 7.97. The number of hydrogen-bond acceptors (Lipinski definition) is 5. The highest BCUT2D eigenvalue weighted by Gasteiger charge is 2.24. The number of nitrogens with one attached hydrogen (secondary N) is 1. The van der Waals surface area contributed by atoms with Crippen LogP contribution in [-0.2, 0) is 14.5 Å². The van der Waals surface area contributed by atoms with Crippen LogP contribution in [0.1, 0.15) is 47.5 Å². The Morgan fingerprint density at radius 1 is 1.29 bits per heavy atom. The summed E-state index contributed by atoms with van der Waals surface area (Å²) in [6, 6.07) is 0. The number of amides is 2. The molecule has 0 aliphatic heterocycles. The minimum absolute atomic E-state index is 0.176. The van der Waals surface area contributed by atoms with Gasteiger partial charge < -0.3 is 10.1 Å². The Morgan fingerprint density at radius 3 is 2.38 bits per heavy atom.